The molecule has 124 valence electrons. The molecule has 2 aromatic rings. The average molecular weight is 352 g/mol. The van der Waals surface area contributed by atoms with Crippen molar-refractivity contribution in [3.63, 3.8) is 0 Å². The quantitative estimate of drug-likeness (QED) is 0.801. The first-order chi connectivity index (χ1) is 10.8. The fraction of sp³-hybridized carbons (Fsp3) is 0.294. The van der Waals surface area contributed by atoms with Crippen LogP contribution in [0.3, 0.4) is 0 Å². The van der Waals surface area contributed by atoms with E-state index in [1.807, 2.05) is 13.8 Å². The Balaban J connectivity index is 2.29. The van der Waals surface area contributed by atoms with Gasteiger partial charge in [0, 0.05) is 0 Å². The maximum absolute atomic E-state index is 12.4. The number of aryl methyl sites for hydroxylation is 2. The van der Waals surface area contributed by atoms with Gasteiger partial charge in [-0.2, -0.15) is 0 Å². The maximum atomic E-state index is 12.4. The Hall–Kier alpha value is -1.66. The van der Waals surface area contributed by atoms with Crippen LogP contribution in [0.5, 0.6) is 0 Å². The summed E-state index contributed by atoms with van der Waals surface area (Å²) in [7, 11) is -7.79. The summed E-state index contributed by atoms with van der Waals surface area (Å²) in [5, 5.41) is -0.920. The summed E-state index contributed by atoms with van der Waals surface area (Å²) in [5.74, 6) is 0. The first-order valence-corrected chi connectivity index (χ1v) is 10.7. The molecule has 0 unspecified atom stereocenters. The van der Waals surface area contributed by atoms with Gasteiger partial charge in [0.05, 0.1) is 9.79 Å². The van der Waals surface area contributed by atoms with Crippen molar-refractivity contribution < 1.29 is 16.8 Å². The van der Waals surface area contributed by atoms with Crippen molar-refractivity contribution in [3.8, 4) is 0 Å². The van der Waals surface area contributed by atoms with E-state index in [1.54, 1.807) is 24.3 Å². The number of benzene rings is 2. The van der Waals surface area contributed by atoms with Gasteiger partial charge < -0.3 is 0 Å². The Kier molecular flexibility index (Phi) is 5.26. The summed E-state index contributed by atoms with van der Waals surface area (Å²) in [6.07, 6.45) is 1.59. The Morgan fingerprint density at radius 2 is 0.913 bits per heavy atom. The van der Waals surface area contributed by atoms with Gasteiger partial charge in [-0.25, -0.2) is 16.8 Å². The van der Waals surface area contributed by atoms with Crippen LogP contribution in [0.1, 0.15) is 25.0 Å². The molecule has 0 saturated carbocycles. The molecule has 0 heterocycles. The first-order valence-electron chi connectivity index (χ1n) is 7.42. The smallest absolute Gasteiger partial charge is 0.193 e. The van der Waals surface area contributed by atoms with Gasteiger partial charge in [0.2, 0.25) is 0 Å². The molecule has 23 heavy (non-hydrogen) atoms. The predicted molar refractivity (Wildman–Crippen MR) is 90.9 cm³/mol. The van der Waals surface area contributed by atoms with Gasteiger partial charge in [0.1, 0.15) is 0 Å². The highest BCUT2D eigenvalue weighted by atomic mass is 32.3. The molecule has 0 N–H and O–H groups in total. The second kappa shape index (κ2) is 6.84. The Labute approximate surface area is 138 Å². The highest BCUT2D eigenvalue weighted by molar-refractivity contribution is 8.08. The third-order valence-electron chi connectivity index (χ3n) is 3.69. The summed E-state index contributed by atoms with van der Waals surface area (Å²) < 4.78 is 49.5. The minimum atomic E-state index is -3.89. The first kappa shape index (κ1) is 17.7. The topological polar surface area (TPSA) is 68.3 Å². The minimum absolute atomic E-state index is 0.0310. The van der Waals surface area contributed by atoms with E-state index in [2.05, 4.69) is 0 Å². The van der Waals surface area contributed by atoms with Crippen LogP contribution in [0, 0.1) is 0 Å². The largest absolute Gasteiger partial charge is 0.223 e. The summed E-state index contributed by atoms with van der Waals surface area (Å²) in [5.41, 5.74) is 2.00. The minimum Gasteiger partial charge on any atom is -0.223 e. The molecule has 0 aliphatic carbocycles. The van der Waals surface area contributed by atoms with E-state index in [-0.39, 0.29) is 9.79 Å². The number of hydrogen-bond acceptors (Lipinski definition) is 4. The Bertz CT molecular complexity index is 788. The van der Waals surface area contributed by atoms with E-state index in [0.29, 0.717) is 0 Å². The average Bonchev–Trinajstić information content (AvgIpc) is 2.54. The normalized spacial score (nSPS) is 12.3. The molecule has 0 saturated heterocycles. The third kappa shape index (κ3) is 4.20. The summed E-state index contributed by atoms with van der Waals surface area (Å²) in [4.78, 5) is 0.0620. The molecule has 0 aromatic heterocycles. The van der Waals surface area contributed by atoms with Crippen LogP contribution in [0.15, 0.2) is 58.3 Å². The molecular formula is C17H20O4S2. The molecule has 0 aliphatic heterocycles. The molecular weight excluding hydrogens is 332 g/mol. The molecule has 0 amide bonds. The Morgan fingerprint density at radius 3 is 1.17 bits per heavy atom. The molecule has 0 atom stereocenters. The van der Waals surface area contributed by atoms with Gasteiger partial charge >= 0.3 is 0 Å². The monoisotopic (exact) mass is 352 g/mol. The second-order valence-corrected chi connectivity index (χ2v) is 9.69. The van der Waals surface area contributed by atoms with E-state index < -0.39 is 24.8 Å². The molecule has 0 bridgehead atoms. The zero-order valence-electron chi connectivity index (χ0n) is 13.2. The molecule has 0 aliphatic rings. The van der Waals surface area contributed by atoms with E-state index >= 15 is 0 Å². The van der Waals surface area contributed by atoms with E-state index in [4.69, 9.17) is 0 Å². The van der Waals surface area contributed by atoms with Gasteiger partial charge in [0.15, 0.2) is 24.8 Å². The summed E-state index contributed by atoms with van der Waals surface area (Å²) in [6.45, 7) is 3.93. The predicted octanol–water partition coefficient (Wildman–Crippen LogP) is 3.02. The van der Waals surface area contributed by atoms with Crippen LogP contribution >= 0.6 is 0 Å². The van der Waals surface area contributed by atoms with Crippen LogP contribution < -0.4 is 0 Å². The molecule has 6 heteroatoms. The molecule has 2 aromatic carbocycles. The lowest BCUT2D eigenvalue weighted by Crippen LogP contribution is -2.17. The van der Waals surface area contributed by atoms with Crippen molar-refractivity contribution in [1.82, 2.24) is 0 Å². The fourth-order valence-electron chi connectivity index (χ4n) is 2.21. The lowest BCUT2D eigenvalue weighted by molar-refractivity contribution is 0.589. The van der Waals surface area contributed by atoms with E-state index in [9.17, 15) is 16.8 Å². The van der Waals surface area contributed by atoms with Crippen LogP contribution in [0.4, 0.5) is 0 Å². The Morgan fingerprint density at radius 1 is 0.609 bits per heavy atom. The van der Waals surface area contributed by atoms with Gasteiger partial charge in [-0.1, -0.05) is 38.1 Å². The molecule has 4 nitrogen and oxygen atoms in total. The summed E-state index contributed by atoms with van der Waals surface area (Å²) in [6, 6.07) is 12.7. The van der Waals surface area contributed by atoms with Crippen molar-refractivity contribution in [3.05, 3.63) is 59.7 Å². The van der Waals surface area contributed by atoms with Gasteiger partial charge in [-0.15, -0.1) is 0 Å². The van der Waals surface area contributed by atoms with E-state index in [0.717, 1.165) is 24.0 Å². The molecule has 0 radical (unpaired) electrons. The highest BCUT2D eigenvalue weighted by Gasteiger charge is 2.25. The second-order valence-electron chi connectivity index (χ2n) is 5.34. The zero-order chi connectivity index (χ0) is 17.1. The lowest BCUT2D eigenvalue weighted by atomic mass is 10.2. The fourth-order valence-corrected chi connectivity index (χ4v) is 6.03. The van der Waals surface area contributed by atoms with Crippen LogP contribution in [-0.2, 0) is 32.5 Å². The SMILES string of the molecule is CCc1ccc(S(=O)(=O)CS(=O)(=O)c2ccc(CC)cc2)cc1. The third-order valence-corrected chi connectivity index (χ3v) is 8.15. The van der Waals surface area contributed by atoms with E-state index in [1.165, 1.54) is 24.3 Å². The molecule has 2 rings (SSSR count). The number of rotatable bonds is 6. The highest BCUT2D eigenvalue weighted by Crippen LogP contribution is 2.20. The van der Waals surface area contributed by atoms with Gasteiger partial charge in [-0.05, 0) is 48.2 Å². The van der Waals surface area contributed by atoms with Gasteiger partial charge in [-0.3, -0.25) is 0 Å². The molecule has 0 spiro atoms. The van der Waals surface area contributed by atoms with Gasteiger partial charge in [0.25, 0.3) is 0 Å². The van der Waals surface area contributed by atoms with Crippen molar-refractivity contribution in [1.29, 1.82) is 0 Å². The summed E-state index contributed by atoms with van der Waals surface area (Å²) >= 11 is 0. The van der Waals surface area contributed by atoms with Crippen molar-refractivity contribution in [2.24, 2.45) is 0 Å². The van der Waals surface area contributed by atoms with Crippen molar-refractivity contribution in [2.45, 2.75) is 36.5 Å². The lowest BCUT2D eigenvalue weighted by Gasteiger charge is -2.08. The van der Waals surface area contributed by atoms with Crippen LogP contribution in [0.2, 0.25) is 0 Å². The number of hydrogen-bond donors (Lipinski definition) is 0. The number of sulfone groups is 2. The maximum Gasteiger partial charge on any atom is 0.193 e. The van der Waals surface area contributed by atoms with Crippen molar-refractivity contribution in [2.75, 3.05) is 5.08 Å². The van der Waals surface area contributed by atoms with Crippen LogP contribution in [-0.4, -0.2) is 21.9 Å². The van der Waals surface area contributed by atoms with Crippen LogP contribution in [0.25, 0.3) is 0 Å². The molecule has 0 fully saturated rings. The standard InChI is InChI=1S/C17H20O4S2/c1-3-14-5-9-16(10-6-14)22(18,19)13-23(20,21)17-11-7-15(4-2)8-12-17/h5-12H,3-4,13H2,1-2H3. The zero-order valence-corrected chi connectivity index (χ0v) is 14.8. The van der Waals surface area contributed by atoms with Crippen molar-refractivity contribution >= 4 is 19.7 Å².